The number of amides is 4. The number of morpholine rings is 1. The fraction of sp³-hybridized carbons (Fsp3) is 0.571. The summed E-state index contributed by atoms with van der Waals surface area (Å²) in [6, 6.07) is 7.12. The lowest BCUT2D eigenvalue weighted by Crippen LogP contribution is -2.52. The Balaban J connectivity index is 0.693. The number of carbonyl (C=O) groups is 4. The van der Waals surface area contributed by atoms with Crippen LogP contribution in [0.4, 0.5) is 20.3 Å². The van der Waals surface area contributed by atoms with E-state index >= 15 is 0 Å². The molecule has 3 N–H and O–H groups in total. The second-order valence-electron chi connectivity index (χ2n) is 17.4. The van der Waals surface area contributed by atoms with E-state index in [4.69, 9.17) is 9.72 Å². The molecule has 1 saturated carbocycles. The molecule has 6 aliphatic heterocycles. The number of likely N-dealkylation sites (tertiary alicyclic amines) is 1. The number of aromatic nitrogens is 3. The van der Waals surface area contributed by atoms with Crippen LogP contribution in [0.5, 0.6) is 0 Å². The largest absolute Gasteiger partial charge is 0.384 e. The van der Waals surface area contributed by atoms with Gasteiger partial charge >= 0.3 is 0 Å². The van der Waals surface area contributed by atoms with Gasteiger partial charge in [0.25, 0.3) is 18.2 Å². The number of alkyl halides is 2. The van der Waals surface area contributed by atoms with E-state index in [1.807, 2.05) is 18.2 Å². The minimum atomic E-state index is -2.88. The van der Waals surface area contributed by atoms with Crippen molar-refractivity contribution in [2.45, 2.75) is 95.1 Å². The first kappa shape index (κ1) is 38.8. The fourth-order valence-electron chi connectivity index (χ4n) is 10.3. The van der Waals surface area contributed by atoms with Gasteiger partial charge in [-0.15, -0.1) is 0 Å². The van der Waals surface area contributed by atoms with Crippen LogP contribution in [0.2, 0.25) is 0 Å². The minimum absolute atomic E-state index is 0.0213. The van der Waals surface area contributed by atoms with E-state index in [1.54, 1.807) is 17.2 Å². The van der Waals surface area contributed by atoms with E-state index in [2.05, 4.69) is 40.8 Å². The Hall–Kier alpha value is -5.36. The molecular weight excluding hydrogens is 777 g/mol. The van der Waals surface area contributed by atoms with Crippen LogP contribution in [0.1, 0.15) is 84.1 Å². The first-order chi connectivity index (χ1) is 29.1. The van der Waals surface area contributed by atoms with Gasteiger partial charge in [0.15, 0.2) is 11.5 Å². The molecule has 5 fully saturated rings. The first-order valence-electron chi connectivity index (χ1n) is 21.4. The molecule has 10 rings (SSSR count). The number of amidine groups is 1. The summed E-state index contributed by atoms with van der Waals surface area (Å²) in [7, 11) is 0. The third-order valence-electron chi connectivity index (χ3n) is 13.7. The predicted octanol–water partition coefficient (Wildman–Crippen LogP) is 3.27. The van der Waals surface area contributed by atoms with Crippen LogP contribution in [0.15, 0.2) is 46.6 Å². The molecule has 316 valence electrons. The first-order valence-corrected chi connectivity index (χ1v) is 21.4. The summed E-state index contributed by atoms with van der Waals surface area (Å²) in [4.78, 5) is 70.9. The van der Waals surface area contributed by atoms with Gasteiger partial charge in [-0.1, -0.05) is 6.07 Å². The van der Waals surface area contributed by atoms with Crippen molar-refractivity contribution >= 4 is 52.3 Å². The molecule has 4 atom stereocenters. The quantitative estimate of drug-likeness (QED) is 0.257. The number of aliphatic imine (C=N–C) groups is 2. The number of carbonyl (C=O) groups excluding carboxylic acids is 4. The van der Waals surface area contributed by atoms with Crippen molar-refractivity contribution in [3.05, 3.63) is 53.3 Å². The van der Waals surface area contributed by atoms with Crippen molar-refractivity contribution in [3.8, 4) is 0 Å². The number of nitrogens with zero attached hydrogens (tertiary/aromatic N) is 8. The Bertz CT molecular complexity index is 2270. The van der Waals surface area contributed by atoms with E-state index in [9.17, 15) is 28.0 Å². The number of anilines is 2. The number of hydrogen-bond acceptors (Lipinski definition) is 12. The number of benzene rings is 1. The normalized spacial score (nSPS) is 28.4. The van der Waals surface area contributed by atoms with Gasteiger partial charge in [-0.25, -0.2) is 23.3 Å². The van der Waals surface area contributed by atoms with Crippen LogP contribution >= 0.6 is 0 Å². The van der Waals surface area contributed by atoms with E-state index in [1.165, 1.54) is 10.7 Å². The highest BCUT2D eigenvalue weighted by atomic mass is 19.3. The SMILES string of the molecule is O=C1CCC(N2Cc3c(NCC4CCN(C[C@H]5CC[C@H](C6N=C(NC(=O)c7cnn8ccc(N9C[C@H]%10C[C@@H]9CO%10)nc78)C(C(F)F)=N6)CC5)CC4)cccc3C2=O)C(=O)N1. The lowest BCUT2D eigenvalue weighted by atomic mass is 9.80. The van der Waals surface area contributed by atoms with Crippen molar-refractivity contribution in [3.63, 3.8) is 0 Å². The topological polar surface area (TPSA) is 178 Å². The minimum Gasteiger partial charge on any atom is -0.384 e. The number of rotatable bonds is 10. The van der Waals surface area contributed by atoms with Crippen molar-refractivity contribution in [2.75, 3.05) is 49.5 Å². The van der Waals surface area contributed by atoms with Gasteiger partial charge in [-0.3, -0.25) is 29.5 Å². The van der Waals surface area contributed by atoms with Gasteiger partial charge in [-0.2, -0.15) is 5.10 Å². The molecule has 16 nitrogen and oxygen atoms in total. The van der Waals surface area contributed by atoms with Gasteiger partial charge < -0.3 is 30.1 Å². The Morgan fingerprint density at radius 3 is 2.57 bits per heavy atom. The number of ether oxygens (including phenoxy) is 1. The van der Waals surface area contributed by atoms with Crippen molar-refractivity contribution in [2.24, 2.45) is 27.7 Å². The lowest BCUT2D eigenvalue weighted by molar-refractivity contribution is -0.136. The molecule has 1 aliphatic carbocycles. The number of halogens is 2. The summed E-state index contributed by atoms with van der Waals surface area (Å²) in [5.41, 5.74) is 2.46. The number of nitrogens with one attached hydrogen (secondary N) is 3. The van der Waals surface area contributed by atoms with Crippen LogP contribution < -0.4 is 20.9 Å². The molecule has 8 heterocycles. The summed E-state index contributed by atoms with van der Waals surface area (Å²) in [6.07, 6.45) is 6.99. The van der Waals surface area contributed by atoms with Crippen LogP contribution in [-0.2, 0) is 20.9 Å². The maximum Gasteiger partial charge on any atom is 0.283 e. The third kappa shape index (κ3) is 7.41. The van der Waals surface area contributed by atoms with Gasteiger partial charge in [-0.05, 0) is 94.5 Å². The summed E-state index contributed by atoms with van der Waals surface area (Å²) >= 11 is 0. The summed E-state index contributed by atoms with van der Waals surface area (Å²) < 4.78 is 35.8. The number of hydrogen-bond donors (Lipinski definition) is 3. The molecule has 2 bridgehead atoms. The zero-order valence-corrected chi connectivity index (χ0v) is 33.3. The van der Waals surface area contributed by atoms with Crippen molar-refractivity contribution in [1.29, 1.82) is 0 Å². The lowest BCUT2D eigenvalue weighted by Gasteiger charge is -2.37. The standard InChI is InChI=1S/C42H49F2N11O5/c43-36(44)35-38(51-40(57)29-18-46-55-15-12-33(47-39(29)55)53-20-27-16-26(53)22-60-27)50-37(49-35)25-6-4-24(5-7-25)19-52-13-10-23(11-14-52)17-45-31-3-1-2-28-30(31)21-54(42(28)59)32-8-9-34(56)48-41(32)58/h1-3,12,15,18,23-27,32,36-37,45H,4-11,13-14,16-17,19-22H2,(H,48,56,58)(H,50,51,57)/t24-,25-,26-,27-,32?,37?/m1/s1. The highest BCUT2D eigenvalue weighted by Gasteiger charge is 2.42. The van der Waals surface area contributed by atoms with E-state index in [-0.39, 0.29) is 47.7 Å². The van der Waals surface area contributed by atoms with Gasteiger partial charge in [0, 0.05) is 61.5 Å². The smallest absolute Gasteiger partial charge is 0.283 e. The van der Waals surface area contributed by atoms with Crippen LogP contribution in [0.25, 0.3) is 5.65 Å². The summed E-state index contributed by atoms with van der Waals surface area (Å²) in [6.45, 7) is 5.50. The van der Waals surface area contributed by atoms with Crippen LogP contribution in [0, 0.1) is 17.8 Å². The molecule has 7 aliphatic rings. The second kappa shape index (κ2) is 15.9. The molecule has 4 saturated heterocycles. The fourth-order valence-corrected chi connectivity index (χ4v) is 10.3. The molecule has 60 heavy (non-hydrogen) atoms. The Kier molecular flexibility index (Phi) is 10.3. The molecule has 3 aromatic rings. The molecule has 4 amide bonds. The number of piperidine rings is 2. The highest BCUT2D eigenvalue weighted by Crippen LogP contribution is 2.37. The Labute approximate surface area is 345 Å². The molecule has 0 spiro atoms. The average Bonchev–Trinajstić information content (AvgIpc) is 4.10. The Morgan fingerprint density at radius 2 is 1.82 bits per heavy atom. The maximum atomic E-state index is 14.3. The summed E-state index contributed by atoms with van der Waals surface area (Å²) in [5.74, 6) is 0.0743. The van der Waals surface area contributed by atoms with Gasteiger partial charge in [0.05, 0.1) is 24.9 Å². The zero-order chi connectivity index (χ0) is 41.1. The highest BCUT2D eigenvalue weighted by molar-refractivity contribution is 6.46. The summed E-state index contributed by atoms with van der Waals surface area (Å²) in [5, 5.41) is 12.9. The number of fused-ring (bicyclic) bond motifs is 4. The third-order valence-corrected chi connectivity index (χ3v) is 13.7. The van der Waals surface area contributed by atoms with Gasteiger partial charge in [0.2, 0.25) is 11.8 Å². The zero-order valence-electron chi connectivity index (χ0n) is 33.3. The Morgan fingerprint density at radius 1 is 0.983 bits per heavy atom. The van der Waals surface area contributed by atoms with E-state index in [0.29, 0.717) is 42.6 Å². The monoisotopic (exact) mass is 825 g/mol. The predicted molar refractivity (Wildman–Crippen MR) is 216 cm³/mol. The van der Waals surface area contributed by atoms with Crippen LogP contribution in [0.3, 0.4) is 0 Å². The van der Waals surface area contributed by atoms with Crippen molar-refractivity contribution in [1.82, 2.24) is 35.0 Å². The van der Waals surface area contributed by atoms with Crippen molar-refractivity contribution < 1.29 is 32.7 Å². The van der Waals surface area contributed by atoms with E-state index < -0.39 is 36.2 Å². The number of imide groups is 1. The van der Waals surface area contributed by atoms with E-state index in [0.717, 1.165) is 94.7 Å². The molecule has 18 heteroatoms. The molecule has 1 aromatic carbocycles. The molecule has 2 unspecified atom stereocenters. The maximum absolute atomic E-state index is 14.3. The molecule has 2 aromatic heterocycles. The molecule has 0 radical (unpaired) electrons. The average molecular weight is 826 g/mol. The molecular formula is C42H49F2N11O5. The van der Waals surface area contributed by atoms with Gasteiger partial charge in [0.1, 0.15) is 29.3 Å². The van der Waals surface area contributed by atoms with Crippen LogP contribution in [-0.4, -0.2) is 130 Å². The second-order valence-corrected chi connectivity index (χ2v) is 17.4.